The molecule has 0 aliphatic carbocycles. The highest BCUT2D eigenvalue weighted by atomic mass is 16.5. The maximum absolute atomic E-state index is 5.21. The van der Waals surface area contributed by atoms with Crippen LogP contribution in [0.1, 0.15) is 24.6 Å². The molecule has 4 rings (SSSR count). The number of hydrogen-bond donors (Lipinski definition) is 0. The van der Waals surface area contributed by atoms with Gasteiger partial charge < -0.3 is 9.64 Å². The zero-order chi connectivity index (χ0) is 16.4. The van der Waals surface area contributed by atoms with Crippen LogP contribution in [0.5, 0.6) is 5.88 Å². The highest BCUT2D eigenvalue weighted by molar-refractivity contribution is 5.38. The summed E-state index contributed by atoms with van der Waals surface area (Å²) in [7, 11) is 1.62. The fourth-order valence-electron chi connectivity index (χ4n) is 3.24. The summed E-state index contributed by atoms with van der Waals surface area (Å²) in [6.07, 6.45) is 5.97. The maximum Gasteiger partial charge on any atom is 0.231 e. The summed E-state index contributed by atoms with van der Waals surface area (Å²) in [4.78, 5) is 2.48. The van der Waals surface area contributed by atoms with Crippen molar-refractivity contribution >= 4 is 5.65 Å². The van der Waals surface area contributed by atoms with Gasteiger partial charge in [-0.05, 0) is 38.1 Å². The lowest BCUT2D eigenvalue weighted by molar-refractivity contribution is 0.199. The van der Waals surface area contributed by atoms with Crippen LogP contribution in [0.2, 0.25) is 0 Å². The van der Waals surface area contributed by atoms with Gasteiger partial charge in [-0.1, -0.05) is 0 Å². The fourth-order valence-corrected chi connectivity index (χ4v) is 3.24. The van der Waals surface area contributed by atoms with Gasteiger partial charge in [-0.3, -0.25) is 4.68 Å². The van der Waals surface area contributed by atoms with Crippen molar-refractivity contribution < 1.29 is 4.74 Å². The molecule has 0 aromatic carbocycles. The van der Waals surface area contributed by atoms with Crippen molar-refractivity contribution in [1.82, 2.24) is 34.5 Å². The van der Waals surface area contributed by atoms with Gasteiger partial charge in [0.15, 0.2) is 11.5 Å². The van der Waals surface area contributed by atoms with Gasteiger partial charge in [-0.2, -0.15) is 9.61 Å². The molecule has 126 valence electrons. The van der Waals surface area contributed by atoms with Crippen molar-refractivity contribution in [2.75, 3.05) is 26.7 Å². The normalized spacial score (nSPS) is 16.7. The number of hydrogen-bond acceptors (Lipinski definition) is 6. The number of piperidine rings is 1. The molecular weight excluding hydrogens is 306 g/mol. The Kier molecular flexibility index (Phi) is 4.12. The van der Waals surface area contributed by atoms with Gasteiger partial charge in [0.25, 0.3) is 0 Å². The first-order valence-electron chi connectivity index (χ1n) is 8.29. The zero-order valence-corrected chi connectivity index (χ0v) is 13.7. The highest BCUT2D eigenvalue weighted by Gasteiger charge is 2.25. The van der Waals surface area contributed by atoms with Crippen LogP contribution in [-0.4, -0.2) is 61.2 Å². The van der Waals surface area contributed by atoms with E-state index in [1.165, 1.54) is 0 Å². The van der Waals surface area contributed by atoms with Gasteiger partial charge in [0.1, 0.15) is 0 Å². The van der Waals surface area contributed by atoms with Gasteiger partial charge in [-0.15, -0.1) is 15.3 Å². The van der Waals surface area contributed by atoms with Gasteiger partial charge in [0.2, 0.25) is 5.88 Å². The van der Waals surface area contributed by atoms with Crippen LogP contribution in [-0.2, 0) is 6.54 Å². The first-order valence-corrected chi connectivity index (χ1v) is 8.29. The van der Waals surface area contributed by atoms with E-state index in [1.807, 2.05) is 39.8 Å². The number of fused-ring (bicyclic) bond motifs is 1. The summed E-state index contributed by atoms with van der Waals surface area (Å²) in [6, 6.07) is 5.66. The van der Waals surface area contributed by atoms with Crippen LogP contribution in [0.15, 0.2) is 30.6 Å². The minimum atomic E-state index is 0.389. The second kappa shape index (κ2) is 6.56. The molecule has 0 bridgehead atoms. The Hall–Kier alpha value is -2.48. The third kappa shape index (κ3) is 2.96. The molecule has 8 nitrogen and oxygen atoms in total. The fraction of sp³-hybridized carbons (Fsp3) is 0.500. The van der Waals surface area contributed by atoms with Crippen LogP contribution in [0, 0.1) is 0 Å². The SMILES string of the molecule is COc1ccc2nnc(C3CCN(CCn4cccn4)CC3)n2n1. The number of aromatic nitrogens is 6. The van der Waals surface area contributed by atoms with E-state index in [9.17, 15) is 0 Å². The third-order valence-electron chi connectivity index (χ3n) is 4.63. The molecule has 1 saturated heterocycles. The molecule has 0 amide bonds. The predicted octanol–water partition coefficient (Wildman–Crippen LogP) is 1.21. The lowest BCUT2D eigenvalue weighted by atomic mass is 9.96. The number of rotatable bonds is 5. The number of ether oxygens (including phenoxy) is 1. The van der Waals surface area contributed by atoms with Crippen molar-refractivity contribution in [1.29, 1.82) is 0 Å². The average molecular weight is 327 g/mol. The molecule has 24 heavy (non-hydrogen) atoms. The molecule has 1 fully saturated rings. The van der Waals surface area contributed by atoms with E-state index in [0.717, 1.165) is 50.5 Å². The first kappa shape index (κ1) is 15.1. The Morgan fingerprint density at radius 1 is 1.17 bits per heavy atom. The first-order chi connectivity index (χ1) is 11.8. The molecule has 1 aliphatic rings. The van der Waals surface area contributed by atoms with E-state index >= 15 is 0 Å². The maximum atomic E-state index is 5.21. The second-order valence-corrected chi connectivity index (χ2v) is 6.09. The molecule has 0 saturated carbocycles. The van der Waals surface area contributed by atoms with Crippen LogP contribution in [0.4, 0.5) is 0 Å². The standard InChI is InChI=1S/C16H21N7O/c1-24-15-4-3-14-18-19-16(23(14)20-15)13-5-9-21(10-6-13)11-12-22-8-2-7-17-22/h2-4,7-8,13H,5-6,9-12H2,1H3. The van der Waals surface area contributed by atoms with Gasteiger partial charge in [0.05, 0.1) is 13.7 Å². The molecule has 0 N–H and O–H groups in total. The molecule has 1 aliphatic heterocycles. The molecule has 0 unspecified atom stereocenters. The number of likely N-dealkylation sites (tertiary alicyclic amines) is 1. The lowest BCUT2D eigenvalue weighted by Crippen LogP contribution is -2.35. The van der Waals surface area contributed by atoms with Crippen molar-refractivity contribution in [3.63, 3.8) is 0 Å². The van der Waals surface area contributed by atoms with E-state index in [-0.39, 0.29) is 0 Å². The highest BCUT2D eigenvalue weighted by Crippen LogP contribution is 2.27. The molecule has 0 atom stereocenters. The minimum Gasteiger partial charge on any atom is -0.480 e. The smallest absolute Gasteiger partial charge is 0.231 e. The van der Waals surface area contributed by atoms with E-state index in [1.54, 1.807) is 7.11 Å². The van der Waals surface area contributed by atoms with Crippen molar-refractivity contribution in [3.8, 4) is 5.88 Å². The summed E-state index contributed by atoms with van der Waals surface area (Å²) in [5.41, 5.74) is 0.770. The molecule has 0 spiro atoms. The summed E-state index contributed by atoms with van der Waals surface area (Å²) >= 11 is 0. The summed E-state index contributed by atoms with van der Waals surface area (Å²) < 4.78 is 9.02. The zero-order valence-electron chi connectivity index (χ0n) is 13.7. The van der Waals surface area contributed by atoms with Gasteiger partial charge in [0, 0.05) is 30.9 Å². The van der Waals surface area contributed by atoms with E-state index < -0.39 is 0 Å². The van der Waals surface area contributed by atoms with Crippen LogP contribution >= 0.6 is 0 Å². The van der Waals surface area contributed by atoms with Crippen molar-refractivity contribution in [2.45, 2.75) is 25.3 Å². The average Bonchev–Trinajstić information content (AvgIpc) is 3.29. The van der Waals surface area contributed by atoms with Crippen molar-refractivity contribution in [2.24, 2.45) is 0 Å². The Morgan fingerprint density at radius 2 is 2.04 bits per heavy atom. The Bertz CT molecular complexity index is 790. The topological polar surface area (TPSA) is 73.4 Å². The van der Waals surface area contributed by atoms with Crippen LogP contribution in [0.25, 0.3) is 5.65 Å². The predicted molar refractivity (Wildman–Crippen MR) is 88.0 cm³/mol. The number of nitrogens with zero attached hydrogens (tertiary/aromatic N) is 7. The van der Waals surface area contributed by atoms with E-state index in [0.29, 0.717) is 11.8 Å². The summed E-state index contributed by atoms with van der Waals surface area (Å²) in [5.74, 6) is 1.91. The quantitative estimate of drug-likeness (QED) is 0.701. The monoisotopic (exact) mass is 327 g/mol. The Balaban J connectivity index is 1.40. The van der Waals surface area contributed by atoms with Gasteiger partial charge in [-0.25, -0.2) is 0 Å². The van der Waals surface area contributed by atoms with Crippen molar-refractivity contribution in [3.05, 3.63) is 36.4 Å². The second-order valence-electron chi connectivity index (χ2n) is 6.09. The molecule has 8 heteroatoms. The number of methoxy groups -OCH3 is 1. The Labute approximate surface area is 140 Å². The minimum absolute atomic E-state index is 0.389. The molecular formula is C16H21N7O. The van der Waals surface area contributed by atoms with Gasteiger partial charge >= 0.3 is 0 Å². The summed E-state index contributed by atoms with van der Waals surface area (Å²) in [6.45, 7) is 4.08. The largest absolute Gasteiger partial charge is 0.480 e. The summed E-state index contributed by atoms with van der Waals surface area (Å²) in [5, 5.41) is 17.3. The Morgan fingerprint density at radius 3 is 2.79 bits per heavy atom. The third-order valence-corrected chi connectivity index (χ3v) is 4.63. The van der Waals surface area contributed by atoms with Crippen LogP contribution in [0.3, 0.4) is 0 Å². The lowest BCUT2D eigenvalue weighted by Gasteiger charge is -2.30. The molecule has 0 radical (unpaired) electrons. The molecule has 4 heterocycles. The van der Waals surface area contributed by atoms with E-state index in [2.05, 4.69) is 25.3 Å². The van der Waals surface area contributed by atoms with E-state index in [4.69, 9.17) is 4.74 Å². The van der Waals surface area contributed by atoms with Crippen LogP contribution < -0.4 is 4.74 Å². The molecule has 3 aromatic rings. The molecule has 3 aromatic heterocycles.